The van der Waals surface area contributed by atoms with Crippen molar-refractivity contribution in [2.24, 2.45) is 5.41 Å². The molecule has 1 heteroatoms. The van der Waals surface area contributed by atoms with Gasteiger partial charge in [-0.15, -0.1) is 0 Å². The molecule has 0 saturated heterocycles. The lowest BCUT2D eigenvalue weighted by Gasteiger charge is -2.33. The zero-order chi connectivity index (χ0) is 11.6. The largest absolute Gasteiger partial charge is 0.290 e. The molecule has 0 unspecified atom stereocenters. The molecule has 0 aromatic rings. The molecule has 0 radical (unpaired) electrons. The number of ketones is 1. The van der Waals surface area contributed by atoms with Crippen LogP contribution >= 0.6 is 0 Å². The molecular weight excluding hydrogens is 196 g/mol. The Morgan fingerprint density at radius 1 is 1.38 bits per heavy atom. The van der Waals surface area contributed by atoms with Crippen molar-refractivity contribution in [3.05, 3.63) is 35.5 Å². The number of carbonyl (C=O) groups is 1. The highest BCUT2D eigenvalue weighted by molar-refractivity contribution is 6.06. The number of rotatable bonds is 2. The van der Waals surface area contributed by atoms with E-state index in [4.69, 9.17) is 0 Å². The van der Waals surface area contributed by atoms with Gasteiger partial charge in [0.05, 0.1) is 0 Å². The maximum absolute atomic E-state index is 12.2. The van der Waals surface area contributed by atoms with Crippen LogP contribution < -0.4 is 0 Å². The number of hydrogen-bond donors (Lipinski definition) is 0. The summed E-state index contributed by atoms with van der Waals surface area (Å²) < 4.78 is 0. The van der Waals surface area contributed by atoms with Crippen molar-refractivity contribution in [1.82, 2.24) is 0 Å². The third-order valence-electron chi connectivity index (χ3n) is 3.93. The Bertz CT molecular complexity index is 376. The van der Waals surface area contributed by atoms with E-state index < -0.39 is 0 Å². The van der Waals surface area contributed by atoms with E-state index in [0.29, 0.717) is 0 Å². The molecule has 0 heterocycles. The minimum Gasteiger partial charge on any atom is -0.290 e. The van der Waals surface area contributed by atoms with Gasteiger partial charge in [-0.1, -0.05) is 31.1 Å². The Balaban J connectivity index is 2.41. The van der Waals surface area contributed by atoms with Crippen molar-refractivity contribution >= 4 is 5.78 Å². The average Bonchev–Trinajstić information content (AvgIpc) is 2.67. The standard InChI is InChI=1S/C15H20O/c1-3-7-13(16)14-12(2)8-6-11-15(14)9-4-5-10-15/h3,6-8H,4-5,9-11H2,1-2H3. The summed E-state index contributed by atoms with van der Waals surface area (Å²) in [6, 6.07) is 0. The van der Waals surface area contributed by atoms with Gasteiger partial charge in [-0.2, -0.15) is 0 Å². The molecular formula is C15H20O. The summed E-state index contributed by atoms with van der Waals surface area (Å²) in [5.74, 6) is 0.228. The molecule has 0 atom stereocenters. The first-order chi connectivity index (χ1) is 7.69. The molecule has 86 valence electrons. The fourth-order valence-corrected chi connectivity index (χ4v) is 3.26. The second-order valence-electron chi connectivity index (χ2n) is 5.02. The minimum atomic E-state index is 0.176. The molecule has 1 fully saturated rings. The zero-order valence-corrected chi connectivity index (χ0v) is 10.3. The average molecular weight is 216 g/mol. The molecule has 1 spiro atoms. The quantitative estimate of drug-likeness (QED) is 0.638. The van der Waals surface area contributed by atoms with Crippen LogP contribution in [0.15, 0.2) is 35.5 Å². The summed E-state index contributed by atoms with van der Waals surface area (Å²) in [6.07, 6.45) is 13.9. The van der Waals surface area contributed by atoms with E-state index in [1.165, 1.54) is 31.3 Å². The number of hydrogen-bond acceptors (Lipinski definition) is 1. The van der Waals surface area contributed by atoms with E-state index in [0.717, 1.165) is 12.0 Å². The van der Waals surface area contributed by atoms with Gasteiger partial charge < -0.3 is 0 Å². The lowest BCUT2D eigenvalue weighted by Crippen LogP contribution is -2.26. The molecule has 16 heavy (non-hydrogen) atoms. The van der Waals surface area contributed by atoms with Gasteiger partial charge in [-0.25, -0.2) is 0 Å². The van der Waals surface area contributed by atoms with E-state index in [1.54, 1.807) is 6.08 Å². The third-order valence-corrected chi connectivity index (χ3v) is 3.93. The van der Waals surface area contributed by atoms with E-state index in [2.05, 4.69) is 19.1 Å². The summed E-state index contributed by atoms with van der Waals surface area (Å²) in [4.78, 5) is 12.2. The molecule has 2 aliphatic rings. The molecule has 1 saturated carbocycles. The van der Waals surface area contributed by atoms with E-state index in [1.807, 2.05) is 13.0 Å². The topological polar surface area (TPSA) is 17.1 Å². The predicted molar refractivity (Wildman–Crippen MR) is 67.2 cm³/mol. The lowest BCUT2D eigenvalue weighted by atomic mass is 9.69. The first-order valence-corrected chi connectivity index (χ1v) is 6.24. The maximum atomic E-state index is 12.2. The van der Waals surface area contributed by atoms with Crippen LogP contribution in [0.25, 0.3) is 0 Å². The highest BCUT2D eigenvalue weighted by atomic mass is 16.1. The van der Waals surface area contributed by atoms with Gasteiger partial charge in [0, 0.05) is 11.0 Å². The number of carbonyl (C=O) groups excluding carboxylic acids is 1. The van der Waals surface area contributed by atoms with Crippen LogP contribution in [0.3, 0.4) is 0 Å². The fourth-order valence-electron chi connectivity index (χ4n) is 3.26. The molecule has 0 aromatic carbocycles. The Kier molecular flexibility index (Phi) is 3.13. The van der Waals surface area contributed by atoms with Gasteiger partial charge in [0.25, 0.3) is 0 Å². The summed E-state index contributed by atoms with van der Waals surface area (Å²) >= 11 is 0. The van der Waals surface area contributed by atoms with Crippen LogP contribution in [0.5, 0.6) is 0 Å². The Labute approximate surface area is 97.9 Å². The molecule has 2 aliphatic carbocycles. The van der Waals surface area contributed by atoms with Crippen LogP contribution in [-0.2, 0) is 4.79 Å². The van der Waals surface area contributed by atoms with E-state index in [-0.39, 0.29) is 11.2 Å². The first-order valence-electron chi connectivity index (χ1n) is 6.24. The SMILES string of the molecule is CC=CC(=O)C1=C(C)C=CCC12CCCC2. The number of allylic oxidation sites excluding steroid dienone is 6. The van der Waals surface area contributed by atoms with Crippen molar-refractivity contribution in [2.75, 3.05) is 0 Å². The maximum Gasteiger partial charge on any atom is 0.182 e. The molecule has 0 aliphatic heterocycles. The monoisotopic (exact) mass is 216 g/mol. The summed E-state index contributed by atoms with van der Waals surface area (Å²) in [5, 5.41) is 0. The minimum absolute atomic E-state index is 0.176. The van der Waals surface area contributed by atoms with Gasteiger partial charge in [0.15, 0.2) is 5.78 Å². The molecule has 2 rings (SSSR count). The van der Waals surface area contributed by atoms with Gasteiger partial charge in [-0.3, -0.25) is 4.79 Å². The molecule has 0 bridgehead atoms. The Hall–Kier alpha value is -1.11. The van der Waals surface area contributed by atoms with Crippen LogP contribution in [0.1, 0.15) is 46.0 Å². The van der Waals surface area contributed by atoms with E-state index in [9.17, 15) is 4.79 Å². The van der Waals surface area contributed by atoms with Crippen molar-refractivity contribution in [3.8, 4) is 0 Å². The highest BCUT2D eigenvalue weighted by Crippen LogP contribution is 2.50. The molecule has 0 N–H and O–H groups in total. The predicted octanol–water partition coefficient (Wildman–Crippen LogP) is 3.97. The van der Waals surface area contributed by atoms with Crippen molar-refractivity contribution < 1.29 is 4.79 Å². The molecule has 0 aromatic heterocycles. The second kappa shape index (κ2) is 4.40. The summed E-state index contributed by atoms with van der Waals surface area (Å²) in [5.41, 5.74) is 2.44. The van der Waals surface area contributed by atoms with Crippen molar-refractivity contribution in [3.63, 3.8) is 0 Å². The zero-order valence-electron chi connectivity index (χ0n) is 10.3. The van der Waals surface area contributed by atoms with Gasteiger partial charge in [0.1, 0.15) is 0 Å². The van der Waals surface area contributed by atoms with Crippen LogP contribution in [0.2, 0.25) is 0 Å². The second-order valence-corrected chi connectivity index (χ2v) is 5.02. The third kappa shape index (κ3) is 1.79. The fraction of sp³-hybridized carbons (Fsp3) is 0.533. The molecule has 1 nitrogen and oxygen atoms in total. The summed E-state index contributed by atoms with van der Waals surface area (Å²) in [6.45, 7) is 3.99. The Morgan fingerprint density at radius 2 is 2.06 bits per heavy atom. The van der Waals surface area contributed by atoms with Crippen LogP contribution in [-0.4, -0.2) is 5.78 Å². The smallest absolute Gasteiger partial charge is 0.182 e. The summed E-state index contributed by atoms with van der Waals surface area (Å²) in [7, 11) is 0. The van der Waals surface area contributed by atoms with Crippen LogP contribution in [0, 0.1) is 5.41 Å². The van der Waals surface area contributed by atoms with E-state index >= 15 is 0 Å². The Morgan fingerprint density at radius 3 is 2.69 bits per heavy atom. The van der Waals surface area contributed by atoms with Crippen LogP contribution in [0.4, 0.5) is 0 Å². The normalized spacial score (nSPS) is 23.6. The van der Waals surface area contributed by atoms with Gasteiger partial charge in [-0.05, 0) is 44.8 Å². The highest BCUT2D eigenvalue weighted by Gasteiger charge is 2.40. The van der Waals surface area contributed by atoms with Crippen molar-refractivity contribution in [1.29, 1.82) is 0 Å². The van der Waals surface area contributed by atoms with Gasteiger partial charge >= 0.3 is 0 Å². The molecule has 0 amide bonds. The van der Waals surface area contributed by atoms with Crippen molar-refractivity contribution in [2.45, 2.75) is 46.0 Å². The first kappa shape index (κ1) is 11.4. The van der Waals surface area contributed by atoms with Gasteiger partial charge in [0.2, 0.25) is 0 Å². The lowest BCUT2D eigenvalue weighted by molar-refractivity contribution is -0.112.